The normalized spacial score (nSPS) is 12.6. The first-order valence-corrected chi connectivity index (χ1v) is 17.4. The van der Waals surface area contributed by atoms with E-state index in [-0.39, 0.29) is 0 Å². The molecular formula is C42H23N3S2. The van der Waals surface area contributed by atoms with Gasteiger partial charge in [0, 0.05) is 46.8 Å². The number of aromatic nitrogens is 2. The summed E-state index contributed by atoms with van der Waals surface area (Å²) in [4.78, 5) is 13.4. The number of hydrogen-bond acceptors (Lipinski definition) is 5. The second-order valence-electron chi connectivity index (χ2n) is 12.2. The summed E-state index contributed by atoms with van der Waals surface area (Å²) in [5.41, 5.74) is 7.76. The molecule has 0 aliphatic carbocycles. The summed E-state index contributed by atoms with van der Waals surface area (Å²) >= 11 is 3.63. The van der Waals surface area contributed by atoms with Crippen LogP contribution in [-0.2, 0) is 0 Å². The summed E-state index contributed by atoms with van der Waals surface area (Å²) in [6.07, 6.45) is 0. The van der Waals surface area contributed by atoms with Crippen LogP contribution in [0.1, 0.15) is 0 Å². The third-order valence-electron chi connectivity index (χ3n) is 9.58. The van der Waals surface area contributed by atoms with E-state index in [1.54, 1.807) is 11.3 Å². The van der Waals surface area contributed by atoms with Gasteiger partial charge in [0.1, 0.15) is 0 Å². The van der Waals surface area contributed by atoms with Crippen molar-refractivity contribution < 1.29 is 0 Å². The number of hydrogen-bond donors (Lipinski definition) is 0. The van der Waals surface area contributed by atoms with E-state index < -0.39 is 0 Å². The number of thiophene rings is 2. The summed E-state index contributed by atoms with van der Waals surface area (Å²) in [5, 5.41) is 8.54. The lowest BCUT2D eigenvalue weighted by atomic mass is 9.89. The fraction of sp³-hybridized carbons (Fsp3) is 0. The molecule has 1 aliphatic heterocycles. The Kier molecular flexibility index (Phi) is 5.14. The second-order valence-corrected chi connectivity index (χ2v) is 14.3. The standard InChI is InChI=1S/C42H23N3S2/c1-2-11-26-23-33-31(22-25(26)10-1)27-16-7-12-24-13-8-18-32(37(24)27)45(33)42-43-39-29-15-4-6-20-35(29)47-41(39)40(44-42)30-17-9-21-36-38(30)28-14-3-5-19-34(28)46-36/h1-23H. The minimum absolute atomic E-state index is 0.686. The van der Waals surface area contributed by atoms with Gasteiger partial charge in [-0.2, -0.15) is 0 Å². The van der Waals surface area contributed by atoms with Crippen LogP contribution in [0.4, 0.5) is 17.3 Å². The van der Waals surface area contributed by atoms with Crippen molar-refractivity contribution in [2.75, 3.05) is 4.90 Å². The average molecular weight is 634 g/mol. The molecule has 10 aromatic rings. The molecule has 0 saturated carbocycles. The zero-order chi connectivity index (χ0) is 30.6. The monoisotopic (exact) mass is 633 g/mol. The van der Waals surface area contributed by atoms with Crippen molar-refractivity contribution in [3.8, 4) is 22.4 Å². The smallest absolute Gasteiger partial charge is 0.235 e. The van der Waals surface area contributed by atoms with Gasteiger partial charge >= 0.3 is 0 Å². The summed E-state index contributed by atoms with van der Waals surface area (Å²) < 4.78 is 4.89. The maximum absolute atomic E-state index is 5.60. The molecule has 0 unspecified atom stereocenters. The van der Waals surface area contributed by atoms with Gasteiger partial charge in [0.05, 0.1) is 27.3 Å². The van der Waals surface area contributed by atoms with Crippen LogP contribution in [0.2, 0.25) is 0 Å². The Morgan fingerprint density at radius 2 is 1.11 bits per heavy atom. The lowest BCUT2D eigenvalue weighted by molar-refractivity contribution is 1.12. The predicted molar refractivity (Wildman–Crippen MR) is 202 cm³/mol. The van der Waals surface area contributed by atoms with Gasteiger partial charge < -0.3 is 0 Å². The molecule has 3 aromatic heterocycles. The molecule has 4 heterocycles. The SMILES string of the molecule is c1ccc2cc3c(cc2c1)-c1cccc2cccc(c12)N3c1nc(-c2cccc3sc4ccccc4c23)c2sc3ccccc3c2n1. The molecule has 7 aromatic carbocycles. The molecule has 5 heteroatoms. The summed E-state index contributed by atoms with van der Waals surface area (Å²) in [5.74, 6) is 0.686. The lowest BCUT2D eigenvalue weighted by Crippen LogP contribution is -2.18. The van der Waals surface area contributed by atoms with Crippen molar-refractivity contribution in [1.29, 1.82) is 0 Å². The molecule has 0 spiro atoms. The third-order valence-corrected chi connectivity index (χ3v) is 11.9. The molecule has 0 fully saturated rings. The molecule has 0 atom stereocenters. The summed E-state index contributed by atoms with van der Waals surface area (Å²) in [6.45, 7) is 0. The van der Waals surface area contributed by atoms with Crippen LogP contribution >= 0.6 is 22.7 Å². The number of benzene rings is 7. The molecule has 3 nitrogen and oxygen atoms in total. The van der Waals surface area contributed by atoms with E-state index >= 15 is 0 Å². The highest BCUT2D eigenvalue weighted by atomic mass is 32.1. The van der Waals surface area contributed by atoms with Crippen molar-refractivity contribution in [2.24, 2.45) is 0 Å². The van der Waals surface area contributed by atoms with Crippen molar-refractivity contribution in [2.45, 2.75) is 0 Å². The Labute approximate surface area is 277 Å². The molecule has 0 amide bonds. The molecule has 0 bridgehead atoms. The van der Waals surface area contributed by atoms with Crippen LogP contribution in [-0.4, -0.2) is 9.97 Å². The van der Waals surface area contributed by atoms with Crippen LogP contribution < -0.4 is 4.90 Å². The topological polar surface area (TPSA) is 29.0 Å². The molecule has 0 radical (unpaired) electrons. The van der Waals surface area contributed by atoms with Gasteiger partial charge in [-0.05, 0) is 58.1 Å². The summed E-state index contributed by atoms with van der Waals surface area (Å²) in [6, 6.07) is 50.5. The number of fused-ring (bicyclic) bond motifs is 9. The zero-order valence-electron chi connectivity index (χ0n) is 24.9. The largest absolute Gasteiger partial charge is 0.278 e. The van der Waals surface area contributed by atoms with E-state index in [0.29, 0.717) is 5.95 Å². The van der Waals surface area contributed by atoms with E-state index in [9.17, 15) is 0 Å². The second kappa shape index (κ2) is 9.46. The Morgan fingerprint density at radius 3 is 1.98 bits per heavy atom. The van der Waals surface area contributed by atoms with Crippen LogP contribution in [0.25, 0.3) is 84.4 Å². The van der Waals surface area contributed by atoms with E-state index in [0.717, 1.165) is 38.2 Å². The van der Waals surface area contributed by atoms with Gasteiger partial charge in [-0.3, -0.25) is 4.90 Å². The van der Waals surface area contributed by atoms with Crippen molar-refractivity contribution in [1.82, 2.24) is 9.97 Å². The van der Waals surface area contributed by atoms with Crippen LogP contribution in [0.15, 0.2) is 140 Å². The first kappa shape index (κ1) is 25.6. The van der Waals surface area contributed by atoms with Crippen LogP contribution in [0, 0.1) is 0 Å². The van der Waals surface area contributed by atoms with Crippen molar-refractivity contribution >= 4 is 102 Å². The molecule has 11 rings (SSSR count). The summed E-state index contributed by atoms with van der Waals surface area (Å²) in [7, 11) is 0. The van der Waals surface area contributed by atoms with E-state index in [1.165, 1.54) is 57.5 Å². The fourth-order valence-corrected chi connectivity index (χ4v) is 9.82. The number of rotatable bonds is 2. The zero-order valence-corrected chi connectivity index (χ0v) is 26.6. The van der Waals surface area contributed by atoms with Gasteiger partial charge in [0.15, 0.2) is 0 Å². The molecule has 1 aliphatic rings. The Morgan fingerprint density at radius 1 is 0.447 bits per heavy atom. The van der Waals surface area contributed by atoms with Crippen molar-refractivity contribution in [3.63, 3.8) is 0 Å². The highest BCUT2D eigenvalue weighted by molar-refractivity contribution is 7.26. The minimum atomic E-state index is 0.686. The Balaban J connectivity index is 1.29. The maximum Gasteiger partial charge on any atom is 0.235 e. The molecule has 218 valence electrons. The number of nitrogens with zero attached hydrogens (tertiary/aromatic N) is 3. The van der Waals surface area contributed by atoms with Crippen LogP contribution in [0.3, 0.4) is 0 Å². The minimum Gasteiger partial charge on any atom is -0.278 e. The maximum atomic E-state index is 5.60. The number of anilines is 3. The van der Waals surface area contributed by atoms with Gasteiger partial charge in [0.25, 0.3) is 0 Å². The first-order chi connectivity index (χ1) is 23.3. The highest BCUT2D eigenvalue weighted by Gasteiger charge is 2.30. The molecule has 47 heavy (non-hydrogen) atoms. The van der Waals surface area contributed by atoms with E-state index in [4.69, 9.17) is 9.97 Å². The predicted octanol–water partition coefficient (Wildman–Crippen LogP) is 12.6. The fourth-order valence-electron chi connectivity index (χ4n) is 7.54. The molecule has 0 saturated heterocycles. The van der Waals surface area contributed by atoms with E-state index in [1.807, 2.05) is 11.3 Å². The van der Waals surface area contributed by atoms with Gasteiger partial charge in [-0.15, -0.1) is 22.7 Å². The average Bonchev–Trinajstić information content (AvgIpc) is 3.70. The molecular weight excluding hydrogens is 611 g/mol. The van der Waals surface area contributed by atoms with Crippen molar-refractivity contribution in [3.05, 3.63) is 140 Å². The van der Waals surface area contributed by atoms with Gasteiger partial charge in [-0.25, -0.2) is 9.97 Å². The van der Waals surface area contributed by atoms with Gasteiger partial charge in [-0.1, -0.05) is 103 Å². The third kappa shape index (κ3) is 3.55. The van der Waals surface area contributed by atoms with E-state index in [2.05, 4.69) is 144 Å². The molecule has 0 N–H and O–H groups in total. The Bertz CT molecular complexity index is 2930. The quantitative estimate of drug-likeness (QED) is 0.190. The highest BCUT2D eigenvalue weighted by Crippen LogP contribution is 2.52. The lowest BCUT2D eigenvalue weighted by Gasteiger charge is -2.32. The first-order valence-electron chi connectivity index (χ1n) is 15.8. The van der Waals surface area contributed by atoms with Gasteiger partial charge in [0.2, 0.25) is 5.95 Å². The van der Waals surface area contributed by atoms with Crippen LogP contribution in [0.5, 0.6) is 0 Å². The Hall–Kier alpha value is -5.62.